The summed E-state index contributed by atoms with van der Waals surface area (Å²) in [4.78, 5) is 12.3. The van der Waals surface area contributed by atoms with Crippen LogP contribution in [-0.4, -0.2) is 40.1 Å². The van der Waals surface area contributed by atoms with Crippen molar-refractivity contribution in [1.82, 2.24) is 5.43 Å². The first kappa shape index (κ1) is 21.1. The summed E-state index contributed by atoms with van der Waals surface area (Å²) >= 11 is 0. The van der Waals surface area contributed by atoms with Gasteiger partial charge < -0.3 is 18.9 Å². The van der Waals surface area contributed by atoms with E-state index in [0.29, 0.717) is 41.1 Å². The molecular formula is C21H26N2O5. The van der Waals surface area contributed by atoms with Crippen molar-refractivity contribution < 1.29 is 23.7 Å². The van der Waals surface area contributed by atoms with Crippen LogP contribution in [0.3, 0.4) is 0 Å². The van der Waals surface area contributed by atoms with Crippen LogP contribution < -0.4 is 24.4 Å². The second-order valence-corrected chi connectivity index (χ2v) is 6.42. The molecule has 0 aliphatic heterocycles. The lowest BCUT2D eigenvalue weighted by atomic mass is 10.2. The molecule has 0 saturated carbocycles. The van der Waals surface area contributed by atoms with Crippen molar-refractivity contribution in [2.45, 2.75) is 13.8 Å². The molecule has 0 unspecified atom stereocenters. The Labute approximate surface area is 165 Å². The minimum absolute atomic E-state index is 0.377. The van der Waals surface area contributed by atoms with Crippen LogP contribution in [0.15, 0.2) is 41.5 Å². The summed E-state index contributed by atoms with van der Waals surface area (Å²) in [7, 11) is 4.63. The molecule has 0 aliphatic carbocycles. The smallest absolute Gasteiger partial charge is 0.271 e. The zero-order valence-electron chi connectivity index (χ0n) is 16.8. The lowest BCUT2D eigenvalue weighted by Gasteiger charge is -2.12. The molecule has 0 heterocycles. The van der Waals surface area contributed by atoms with E-state index in [9.17, 15) is 4.79 Å². The normalized spacial score (nSPS) is 10.8. The zero-order chi connectivity index (χ0) is 20.5. The predicted molar refractivity (Wildman–Crippen MR) is 108 cm³/mol. The quantitative estimate of drug-likeness (QED) is 0.527. The van der Waals surface area contributed by atoms with Gasteiger partial charge in [-0.05, 0) is 41.8 Å². The van der Waals surface area contributed by atoms with Crippen LogP contribution in [0.4, 0.5) is 0 Å². The van der Waals surface area contributed by atoms with Gasteiger partial charge in [0.15, 0.2) is 11.5 Å². The average Bonchev–Trinajstić information content (AvgIpc) is 2.71. The van der Waals surface area contributed by atoms with E-state index in [2.05, 4.69) is 24.4 Å². The van der Waals surface area contributed by atoms with Crippen LogP contribution in [0.2, 0.25) is 0 Å². The lowest BCUT2D eigenvalue weighted by Crippen LogP contribution is -2.17. The molecule has 1 amide bonds. The van der Waals surface area contributed by atoms with Crippen LogP contribution >= 0.6 is 0 Å². The second kappa shape index (κ2) is 10.2. The number of ether oxygens (including phenoxy) is 4. The van der Waals surface area contributed by atoms with Gasteiger partial charge in [0.05, 0.1) is 34.2 Å². The number of hydrogen-bond donors (Lipinski definition) is 1. The first-order valence-electron chi connectivity index (χ1n) is 8.84. The Morgan fingerprint density at radius 2 is 1.68 bits per heavy atom. The molecule has 0 atom stereocenters. The first-order valence-corrected chi connectivity index (χ1v) is 8.84. The summed E-state index contributed by atoms with van der Waals surface area (Å²) in [6.07, 6.45) is 1.53. The number of carbonyl (C=O) groups excluding carboxylic acids is 1. The van der Waals surface area contributed by atoms with Crippen molar-refractivity contribution in [3.8, 4) is 23.0 Å². The molecule has 2 aromatic carbocycles. The summed E-state index contributed by atoms with van der Waals surface area (Å²) in [5.41, 5.74) is 3.63. The number of nitrogens with zero attached hydrogens (tertiary/aromatic N) is 1. The molecule has 28 heavy (non-hydrogen) atoms. The van der Waals surface area contributed by atoms with Gasteiger partial charge in [-0.25, -0.2) is 5.43 Å². The number of methoxy groups -OCH3 is 3. The van der Waals surface area contributed by atoms with E-state index in [-0.39, 0.29) is 5.91 Å². The summed E-state index contributed by atoms with van der Waals surface area (Å²) < 4.78 is 21.4. The van der Waals surface area contributed by atoms with Crippen LogP contribution in [0.25, 0.3) is 0 Å². The summed E-state index contributed by atoms with van der Waals surface area (Å²) in [5, 5.41) is 4.01. The Bertz CT molecular complexity index is 811. The lowest BCUT2D eigenvalue weighted by molar-refractivity contribution is 0.0954. The molecule has 1 N–H and O–H groups in total. The van der Waals surface area contributed by atoms with Gasteiger partial charge in [-0.1, -0.05) is 13.8 Å². The molecule has 150 valence electrons. The van der Waals surface area contributed by atoms with E-state index in [4.69, 9.17) is 18.9 Å². The molecule has 0 saturated heterocycles. The van der Waals surface area contributed by atoms with Gasteiger partial charge in [0.25, 0.3) is 5.91 Å². The van der Waals surface area contributed by atoms with Crippen molar-refractivity contribution in [2.24, 2.45) is 11.0 Å². The maximum atomic E-state index is 12.3. The van der Waals surface area contributed by atoms with Crippen LogP contribution in [0.5, 0.6) is 23.0 Å². The van der Waals surface area contributed by atoms with E-state index in [0.717, 1.165) is 5.56 Å². The van der Waals surface area contributed by atoms with Gasteiger partial charge in [0.1, 0.15) is 11.5 Å². The molecular weight excluding hydrogens is 360 g/mol. The molecule has 0 fully saturated rings. The third-order valence-electron chi connectivity index (χ3n) is 3.75. The molecule has 2 rings (SSSR count). The highest BCUT2D eigenvalue weighted by Crippen LogP contribution is 2.28. The fraction of sp³-hybridized carbons (Fsp3) is 0.333. The molecule has 0 bridgehead atoms. The Kier molecular flexibility index (Phi) is 7.68. The Morgan fingerprint density at radius 3 is 2.25 bits per heavy atom. The van der Waals surface area contributed by atoms with Crippen molar-refractivity contribution in [2.75, 3.05) is 27.9 Å². The highest BCUT2D eigenvalue weighted by atomic mass is 16.5. The molecule has 2 aromatic rings. The van der Waals surface area contributed by atoms with Gasteiger partial charge >= 0.3 is 0 Å². The number of carbonyl (C=O) groups is 1. The third kappa shape index (κ3) is 5.90. The van der Waals surface area contributed by atoms with Crippen molar-refractivity contribution in [3.63, 3.8) is 0 Å². The largest absolute Gasteiger partial charge is 0.497 e. The van der Waals surface area contributed by atoms with Gasteiger partial charge in [0.2, 0.25) is 0 Å². The van der Waals surface area contributed by atoms with Gasteiger partial charge in [-0.15, -0.1) is 0 Å². The fourth-order valence-electron chi connectivity index (χ4n) is 2.31. The van der Waals surface area contributed by atoms with Gasteiger partial charge in [0, 0.05) is 11.6 Å². The minimum atomic E-state index is -0.377. The van der Waals surface area contributed by atoms with E-state index in [1.165, 1.54) is 20.4 Å². The Balaban J connectivity index is 2.06. The molecule has 7 nitrogen and oxygen atoms in total. The number of rotatable bonds is 9. The maximum Gasteiger partial charge on any atom is 0.271 e. The van der Waals surface area contributed by atoms with Gasteiger partial charge in [-0.2, -0.15) is 5.10 Å². The van der Waals surface area contributed by atoms with Crippen molar-refractivity contribution >= 4 is 12.1 Å². The van der Waals surface area contributed by atoms with Crippen LogP contribution in [-0.2, 0) is 0 Å². The highest BCUT2D eigenvalue weighted by Gasteiger charge is 2.09. The SMILES string of the molecule is COc1cc(OC)cc(C(=O)N/N=C\c2ccc(OCC(C)C)c(OC)c2)c1. The average molecular weight is 386 g/mol. The summed E-state index contributed by atoms with van der Waals surface area (Å²) in [6, 6.07) is 10.4. The summed E-state index contributed by atoms with van der Waals surface area (Å²) in [5.74, 6) is 2.36. The Morgan fingerprint density at radius 1 is 1.00 bits per heavy atom. The van der Waals surface area contributed by atoms with Gasteiger partial charge in [-0.3, -0.25) is 4.79 Å². The standard InChI is InChI=1S/C21H26N2O5/c1-14(2)13-28-19-7-6-15(8-20(19)27-5)12-22-23-21(24)16-9-17(25-3)11-18(10-16)26-4/h6-12,14H,13H2,1-5H3,(H,23,24)/b22-12-. The maximum absolute atomic E-state index is 12.3. The number of hydrogen-bond acceptors (Lipinski definition) is 6. The van der Waals surface area contributed by atoms with Crippen LogP contribution in [0, 0.1) is 5.92 Å². The second-order valence-electron chi connectivity index (χ2n) is 6.42. The zero-order valence-corrected chi connectivity index (χ0v) is 16.8. The number of nitrogens with one attached hydrogen (secondary N) is 1. The van der Waals surface area contributed by atoms with E-state index in [1.807, 2.05) is 12.1 Å². The Hall–Kier alpha value is -3.22. The molecule has 0 radical (unpaired) electrons. The van der Waals surface area contributed by atoms with E-state index < -0.39 is 0 Å². The highest BCUT2D eigenvalue weighted by molar-refractivity contribution is 5.95. The minimum Gasteiger partial charge on any atom is -0.497 e. The summed E-state index contributed by atoms with van der Waals surface area (Å²) in [6.45, 7) is 4.76. The van der Waals surface area contributed by atoms with E-state index >= 15 is 0 Å². The van der Waals surface area contributed by atoms with Crippen molar-refractivity contribution in [1.29, 1.82) is 0 Å². The molecule has 0 spiro atoms. The predicted octanol–water partition coefficient (Wildman–Crippen LogP) is 3.51. The number of hydrazone groups is 1. The number of amides is 1. The first-order chi connectivity index (χ1) is 13.5. The monoisotopic (exact) mass is 386 g/mol. The third-order valence-corrected chi connectivity index (χ3v) is 3.75. The topological polar surface area (TPSA) is 78.4 Å². The molecule has 0 aliphatic rings. The molecule has 0 aromatic heterocycles. The number of benzene rings is 2. The van der Waals surface area contributed by atoms with Crippen molar-refractivity contribution in [3.05, 3.63) is 47.5 Å². The van der Waals surface area contributed by atoms with E-state index in [1.54, 1.807) is 31.4 Å². The van der Waals surface area contributed by atoms with Crippen LogP contribution in [0.1, 0.15) is 29.8 Å². The fourth-order valence-corrected chi connectivity index (χ4v) is 2.31. The molecule has 7 heteroatoms.